The second kappa shape index (κ2) is 11.8. The number of nitrogens with zero attached hydrogens (tertiary/aromatic N) is 2. The van der Waals surface area contributed by atoms with Crippen molar-refractivity contribution < 1.29 is 19.1 Å². The topological polar surface area (TPSA) is 80.8 Å². The highest BCUT2D eigenvalue weighted by molar-refractivity contribution is 7.10. The SMILES string of the molecule is COc1cccc([C@H](C(=O)NC2CCCC2)N(Cc2cccnc2)C(=O)Cc2cccs2)c1OC. The number of hydrogen-bond donors (Lipinski definition) is 1. The predicted molar refractivity (Wildman–Crippen MR) is 135 cm³/mol. The number of amides is 2. The highest BCUT2D eigenvalue weighted by Crippen LogP contribution is 2.38. The molecule has 0 unspecified atom stereocenters. The molecule has 4 rings (SSSR count). The number of hydrogen-bond acceptors (Lipinski definition) is 6. The van der Waals surface area contributed by atoms with Crippen LogP contribution in [0.2, 0.25) is 0 Å². The number of aromatic nitrogens is 1. The summed E-state index contributed by atoms with van der Waals surface area (Å²) in [6.45, 7) is 0.237. The zero-order valence-corrected chi connectivity index (χ0v) is 20.9. The highest BCUT2D eigenvalue weighted by Gasteiger charge is 2.36. The first kappa shape index (κ1) is 24.7. The van der Waals surface area contributed by atoms with Gasteiger partial charge in [-0.05, 0) is 42.0 Å². The van der Waals surface area contributed by atoms with E-state index in [-0.39, 0.29) is 30.8 Å². The Morgan fingerprint density at radius 3 is 2.60 bits per heavy atom. The van der Waals surface area contributed by atoms with Gasteiger partial charge in [-0.15, -0.1) is 11.3 Å². The van der Waals surface area contributed by atoms with E-state index in [2.05, 4.69) is 10.3 Å². The van der Waals surface area contributed by atoms with Crippen LogP contribution in [-0.2, 0) is 22.6 Å². The van der Waals surface area contributed by atoms with Crippen LogP contribution in [-0.4, -0.2) is 42.0 Å². The van der Waals surface area contributed by atoms with Crippen LogP contribution >= 0.6 is 11.3 Å². The van der Waals surface area contributed by atoms with Crippen molar-refractivity contribution in [1.82, 2.24) is 15.2 Å². The summed E-state index contributed by atoms with van der Waals surface area (Å²) in [7, 11) is 3.11. The smallest absolute Gasteiger partial charge is 0.247 e. The number of pyridine rings is 1. The average molecular weight is 494 g/mol. The van der Waals surface area contributed by atoms with Crippen molar-refractivity contribution in [3.8, 4) is 11.5 Å². The summed E-state index contributed by atoms with van der Waals surface area (Å²) >= 11 is 1.53. The summed E-state index contributed by atoms with van der Waals surface area (Å²) in [5, 5.41) is 5.15. The standard InChI is InChI=1S/C27H31N3O4S/c1-33-23-13-5-12-22(26(23)34-2)25(27(32)29-20-9-3-4-10-20)30(18-19-8-6-14-28-17-19)24(31)16-21-11-7-15-35-21/h5-8,11-15,17,20,25H,3-4,9-10,16,18H2,1-2H3,(H,29,32)/t25-/m1/s1. The van der Waals surface area contributed by atoms with Crippen molar-refractivity contribution in [3.63, 3.8) is 0 Å². The first-order valence-electron chi connectivity index (χ1n) is 11.8. The molecule has 184 valence electrons. The first-order valence-corrected chi connectivity index (χ1v) is 12.7. The molecule has 1 atom stereocenters. The summed E-state index contributed by atoms with van der Waals surface area (Å²) in [4.78, 5) is 34.5. The van der Waals surface area contributed by atoms with E-state index in [1.54, 1.807) is 37.6 Å². The molecule has 35 heavy (non-hydrogen) atoms. The molecular weight excluding hydrogens is 462 g/mol. The van der Waals surface area contributed by atoms with Gasteiger partial charge in [0.05, 0.1) is 20.6 Å². The van der Waals surface area contributed by atoms with E-state index in [0.717, 1.165) is 36.1 Å². The number of para-hydroxylation sites is 1. The Hall–Kier alpha value is -3.39. The van der Waals surface area contributed by atoms with Gasteiger partial charge < -0.3 is 19.7 Å². The summed E-state index contributed by atoms with van der Waals surface area (Å²) in [6.07, 6.45) is 7.69. The Morgan fingerprint density at radius 2 is 1.94 bits per heavy atom. The molecule has 3 aromatic rings. The lowest BCUT2D eigenvalue weighted by Crippen LogP contribution is -2.46. The first-order chi connectivity index (χ1) is 17.1. The number of carbonyl (C=O) groups excluding carboxylic acids is 2. The van der Waals surface area contributed by atoms with E-state index >= 15 is 0 Å². The Bertz CT molecular complexity index is 1110. The largest absolute Gasteiger partial charge is 0.493 e. The van der Waals surface area contributed by atoms with E-state index < -0.39 is 6.04 Å². The van der Waals surface area contributed by atoms with Crippen LogP contribution in [0, 0.1) is 0 Å². The molecule has 2 aromatic heterocycles. The van der Waals surface area contributed by atoms with Gasteiger partial charge in [-0.3, -0.25) is 14.6 Å². The van der Waals surface area contributed by atoms with E-state index in [4.69, 9.17) is 9.47 Å². The van der Waals surface area contributed by atoms with Crippen molar-refractivity contribution in [2.45, 2.75) is 50.7 Å². The van der Waals surface area contributed by atoms with Crippen molar-refractivity contribution in [2.24, 2.45) is 0 Å². The minimum absolute atomic E-state index is 0.106. The van der Waals surface area contributed by atoms with E-state index in [1.807, 2.05) is 41.8 Å². The molecule has 2 heterocycles. The van der Waals surface area contributed by atoms with Crippen LogP contribution in [0.3, 0.4) is 0 Å². The van der Waals surface area contributed by atoms with Crippen molar-refractivity contribution in [2.75, 3.05) is 14.2 Å². The molecule has 8 heteroatoms. The van der Waals surface area contributed by atoms with Gasteiger partial charge in [0.1, 0.15) is 6.04 Å². The third kappa shape index (κ3) is 6.00. The summed E-state index contributed by atoms with van der Waals surface area (Å²) < 4.78 is 11.2. The molecule has 0 radical (unpaired) electrons. The van der Waals surface area contributed by atoms with Gasteiger partial charge in [0.25, 0.3) is 0 Å². The van der Waals surface area contributed by atoms with Crippen molar-refractivity contribution >= 4 is 23.2 Å². The summed E-state index contributed by atoms with van der Waals surface area (Å²) in [6, 6.07) is 12.2. The quantitative estimate of drug-likeness (QED) is 0.449. The number of ether oxygens (including phenoxy) is 2. The van der Waals surface area contributed by atoms with Gasteiger partial charge in [-0.25, -0.2) is 0 Å². The zero-order chi connectivity index (χ0) is 24.6. The van der Waals surface area contributed by atoms with Gasteiger partial charge >= 0.3 is 0 Å². The maximum absolute atomic E-state index is 13.9. The van der Waals surface area contributed by atoms with Crippen LogP contribution in [0.4, 0.5) is 0 Å². The minimum Gasteiger partial charge on any atom is -0.493 e. The monoisotopic (exact) mass is 493 g/mol. The number of nitrogens with one attached hydrogen (secondary N) is 1. The van der Waals surface area contributed by atoms with Crippen LogP contribution < -0.4 is 14.8 Å². The number of methoxy groups -OCH3 is 2. The summed E-state index contributed by atoms with van der Waals surface area (Å²) in [5.74, 6) is 0.594. The molecule has 0 saturated heterocycles. The lowest BCUT2D eigenvalue weighted by atomic mass is 10.00. The maximum atomic E-state index is 13.9. The molecule has 1 aliphatic carbocycles. The average Bonchev–Trinajstić information content (AvgIpc) is 3.58. The van der Waals surface area contributed by atoms with Gasteiger partial charge in [0.2, 0.25) is 11.8 Å². The van der Waals surface area contributed by atoms with E-state index in [1.165, 1.54) is 11.3 Å². The molecule has 1 saturated carbocycles. The fourth-order valence-corrected chi connectivity index (χ4v) is 5.30. The Morgan fingerprint density at radius 1 is 1.11 bits per heavy atom. The van der Waals surface area contributed by atoms with Gasteiger partial charge in [-0.1, -0.05) is 37.1 Å². The van der Waals surface area contributed by atoms with Crippen molar-refractivity contribution in [3.05, 3.63) is 76.2 Å². The number of benzene rings is 1. The molecule has 0 bridgehead atoms. The summed E-state index contributed by atoms with van der Waals surface area (Å²) in [5.41, 5.74) is 1.43. The molecule has 1 fully saturated rings. The zero-order valence-electron chi connectivity index (χ0n) is 20.1. The Kier molecular flexibility index (Phi) is 8.36. The van der Waals surface area contributed by atoms with Crippen LogP contribution in [0.25, 0.3) is 0 Å². The second-order valence-corrected chi connectivity index (χ2v) is 9.65. The minimum atomic E-state index is -0.895. The van der Waals surface area contributed by atoms with Crippen LogP contribution in [0.5, 0.6) is 11.5 Å². The van der Waals surface area contributed by atoms with Gasteiger partial charge in [0, 0.05) is 35.4 Å². The second-order valence-electron chi connectivity index (χ2n) is 8.61. The van der Waals surface area contributed by atoms with Crippen molar-refractivity contribution in [1.29, 1.82) is 0 Å². The molecular formula is C27H31N3O4S. The molecule has 0 aliphatic heterocycles. The Balaban J connectivity index is 1.78. The number of rotatable bonds is 10. The molecule has 1 N–H and O–H groups in total. The molecule has 1 aliphatic rings. The van der Waals surface area contributed by atoms with E-state index in [9.17, 15) is 9.59 Å². The fraction of sp³-hybridized carbons (Fsp3) is 0.370. The predicted octanol–water partition coefficient (Wildman–Crippen LogP) is 4.53. The number of thiophene rings is 1. The number of carbonyl (C=O) groups is 2. The van der Waals surface area contributed by atoms with E-state index in [0.29, 0.717) is 17.1 Å². The fourth-order valence-electron chi connectivity index (χ4n) is 4.60. The molecule has 1 aromatic carbocycles. The third-order valence-electron chi connectivity index (χ3n) is 6.29. The van der Waals surface area contributed by atoms with Crippen LogP contribution in [0.15, 0.2) is 60.2 Å². The normalized spacial score (nSPS) is 14.3. The lowest BCUT2D eigenvalue weighted by molar-refractivity contribution is -0.141. The Labute approximate surface area is 210 Å². The van der Waals surface area contributed by atoms with Gasteiger partial charge in [-0.2, -0.15) is 0 Å². The van der Waals surface area contributed by atoms with Gasteiger partial charge in [0.15, 0.2) is 11.5 Å². The highest BCUT2D eigenvalue weighted by atomic mass is 32.1. The third-order valence-corrected chi connectivity index (χ3v) is 7.17. The lowest BCUT2D eigenvalue weighted by Gasteiger charge is -2.33. The van der Waals surface area contributed by atoms with Crippen LogP contribution in [0.1, 0.15) is 47.7 Å². The molecule has 0 spiro atoms. The maximum Gasteiger partial charge on any atom is 0.247 e. The molecule has 7 nitrogen and oxygen atoms in total. The molecule has 2 amide bonds.